The Balaban J connectivity index is 2.08. The number of carbonyl (C=O) groups excluding carboxylic acids is 2. The first-order valence-electron chi connectivity index (χ1n) is 6.94. The molecule has 0 aromatic heterocycles. The Morgan fingerprint density at radius 3 is 2.30 bits per heavy atom. The number of hydrogen-bond acceptors (Lipinski definition) is 2. The van der Waals surface area contributed by atoms with Crippen LogP contribution in [0, 0.1) is 11.6 Å². The highest BCUT2D eigenvalue weighted by atomic mass is 19.1. The second kappa shape index (κ2) is 7.00. The Kier molecular flexibility index (Phi) is 5.05. The van der Waals surface area contributed by atoms with Gasteiger partial charge in [-0.25, -0.2) is 8.78 Å². The fourth-order valence-corrected chi connectivity index (χ4v) is 2.10. The van der Waals surface area contributed by atoms with E-state index in [0.29, 0.717) is 11.3 Å². The summed E-state index contributed by atoms with van der Waals surface area (Å²) in [7, 11) is 1.53. The van der Waals surface area contributed by atoms with E-state index in [1.807, 2.05) is 0 Å². The van der Waals surface area contributed by atoms with Crippen LogP contribution in [0.1, 0.15) is 22.8 Å². The van der Waals surface area contributed by atoms with Gasteiger partial charge < -0.3 is 10.2 Å². The van der Waals surface area contributed by atoms with Gasteiger partial charge in [0.25, 0.3) is 5.91 Å². The molecule has 4 nitrogen and oxygen atoms in total. The van der Waals surface area contributed by atoms with Crippen molar-refractivity contribution in [2.45, 2.75) is 13.5 Å². The molecule has 0 fully saturated rings. The number of benzene rings is 2. The number of carbonyl (C=O) groups is 2. The maximum absolute atomic E-state index is 13.6. The van der Waals surface area contributed by atoms with Gasteiger partial charge in [-0.2, -0.15) is 0 Å². The first kappa shape index (κ1) is 16.6. The first-order valence-corrected chi connectivity index (χ1v) is 6.94. The van der Waals surface area contributed by atoms with Gasteiger partial charge in [0, 0.05) is 43.4 Å². The van der Waals surface area contributed by atoms with Crippen LogP contribution in [0.3, 0.4) is 0 Å². The fourth-order valence-electron chi connectivity index (χ4n) is 2.10. The molecule has 0 heterocycles. The Hall–Kier alpha value is -2.76. The zero-order valence-electron chi connectivity index (χ0n) is 12.8. The summed E-state index contributed by atoms with van der Waals surface area (Å²) in [6.45, 7) is 1.42. The summed E-state index contributed by atoms with van der Waals surface area (Å²) in [4.78, 5) is 24.6. The van der Waals surface area contributed by atoms with Crippen LogP contribution in [0.2, 0.25) is 0 Å². The van der Waals surface area contributed by atoms with Crippen LogP contribution >= 0.6 is 0 Å². The summed E-state index contributed by atoms with van der Waals surface area (Å²) in [6, 6.07) is 9.63. The van der Waals surface area contributed by atoms with E-state index >= 15 is 0 Å². The molecule has 0 radical (unpaired) electrons. The van der Waals surface area contributed by atoms with E-state index in [0.717, 1.165) is 12.1 Å². The van der Waals surface area contributed by atoms with E-state index < -0.39 is 11.6 Å². The second-order valence-corrected chi connectivity index (χ2v) is 5.16. The molecule has 0 aliphatic heterocycles. The molecular weight excluding hydrogens is 302 g/mol. The van der Waals surface area contributed by atoms with Crippen LogP contribution in [-0.2, 0) is 11.3 Å². The van der Waals surface area contributed by atoms with Crippen molar-refractivity contribution in [1.82, 2.24) is 4.90 Å². The summed E-state index contributed by atoms with van der Waals surface area (Å²) in [6.07, 6.45) is 0. The van der Waals surface area contributed by atoms with Crippen LogP contribution < -0.4 is 5.32 Å². The molecule has 0 atom stereocenters. The van der Waals surface area contributed by atoms with Crippen molar-refractivity contribution in [2.75, 3.05) is 12.4 Å². The van der Waals surface area contributed by atoms with Gasteiger partial charge in [0.2, 0.25) is 5.91 Å². The van der Waals surface area contributed by atoms with Crippen LogP contribution in [-0.4, -0.2) is 23.8 Å². The van der Waals surface area contributed by atoms with Gasteiger partial charge in [-0.3, -0.25) is 9.59 Å². The summed E-state index contributed by atoms with van der Waals surface area (Å²) in [5.74, 6) is -1.85. The average molecular weight is 318 g/mol. The number of hydrogen-bond donors (Lipinski definition) is 1. The smallest absolute Gasteiger partial charge is 0.253 e. The van der Waals surface area contributed by atoms with Gasteiger partial charge in [0.05, 0.1) is 0 Å². The Morgan fingerprint density at radius 2 is 1.74 bits per heavy atom. The van der Waals surface area contributed by atoms with Gasteiger partial charge in [-0.05, 0) is 30.3 Å². The van der Waals surface area contributed by atoms with Crippen LogP contribution in [0.15, 0.2) is 42.5 Å². The molecule has 0 unspecified atom stereocenters. The predicted octanol–water partition coefficient (Wildman–Crippen LogP) is 3.20. The highest BCUT2D eigenvalue weighted by Crippen LogP contribution is 2.15. The molecule has 6 heteroatoms. The SMILES string of the molecule is CC(=O)Nc1ccc(C(=O)N(C)Cc2ccc(F)cc2F)cc1. The number of nitrogens with zero attached hydrogens (tertiary/aromatic N) is 1. The molecule has 2 amide bonds. The van der Waals surface area contributed by atoms with Crippen molar-refractivity contribution < 1.29 is 18.4 Å². The average Bonchev–Trinajstić information content (AvgIpc) is 2.49. The predicted molar refractivity (Wildman–Crippen MR) is 82.9 cm³/mol. The van der Waals surface area contributed by atoms with E-state index in [1.165, 1.54) is 24.9 Å². The minimum atomic E-state index is -0.689. The lowest BCUT2D eigenvalue weighted by Crippen LogP contribution is -2.26. The van der Waals surface area contributed by atoms with E-state index in [4.69, 9.17) is 0 Å². The second-order valence-electron chi connectivity index (χ2n) is 5.16. The maximum atomic E-state index is 13.6. The third kappa shape index (κ3) is 4.35. The standard InChI is InChI=1S/C17H16F2N2O2/c1-11(22)20-15-7-4-12(5-8-15)17(23)21(2)10-13-3-6-14(18)9-16(13)19/h3-9H,10H2,1-2H3,(H,20,22). The van der Waals surface area contributed by atoms with Crippen LogP contribution in [0.25, 0.3) is 0 Å². The molecule has 2 aromatic rings. The van der Waals surface area contributed by atoms with Crippen LogP contribution in [0.4, 0.5) is 14.5 Å². The molecule has 0 saturated carbocycles. The number of rotatable bonds is 4. The van der Waals surface area contributed by atoms with Gasteiger partial charge in [0.1, 0.15) is 11.6 Å². The number of amides is 2. The number of halogens is 2. The van der Waals surface area contributed by atoms with Crippen molar-refractivity contribution in [3.8, 4) is 0 Å². The first-order chi connectivity index (χ1) is 10.9. The molecule has 1 N–H and O–H groups in total. The quantitative estimate of drug-likeness (QED) is 0.941. The van der Waals surface area contributed by atoms with Crippen molar-refractivity contribution in [1.29, 1.82) is 0 Å². The van der Waals surface area contributed by atoms with Crippen LogP contribution in [0.5, 0.6) is 0 Å². The number of anilines is 1. The van der Waals surface area contributed by atoms with E-state index in [9.17, 15) is 18.4 Å². The van der Waals surface area contributed by atoms with E-state index in [1.54, 1.807) is 24.3 Å². The van der Waals surface area contributed by atoms with Gasteiger partial charge >= 0.3 is 0 Å². The summed E-state index contributed by atoms with van der Waals surface area (Å²) < 4.78 is 26.5. The zero-order chi connectivity index (χ0) is 17.0. The highest BCUT2D eigenvalue weighted by Gasteiger charge is 2.14. The normalized spacial score (nSPS) is 10.3. The van der Waals surface area contributed by atoms with Crippen molar-refractivity contribution in [2.24, 2.45) is 0 Å². The molecule has 23 heavy (non-hydrogen) atoms. The molecule has 0 saturated heterocycles. The molecule has 2 aromatic carbocycles. The molecule has 120 valence electrons. The third-order valence-corrected chi connectivity index (χ3v) is 3.22. The Bertz CT molecular complexity index is 730. The zero-order valence-corrected chi connectivity index (χ0v) is 12.8. The monoisotopic (exact) mass is 318 g/mol. The molecule has 0 spiro atoms. The van der Waals surface area contributed by atoms with E-state index in [-0.39, 0.29) is 23.9 Å². The number of nitrogens with one attached hydrogen (secondary N) is 1. The summed E-state index contributed by atoms with van der Waals surface area (Å²) in [5, 5.41) is 2.60. The van der Waals surface area contributed by atoms with Crippen molar-refractivity contribution >= 4 is 17.5 Å². The largest absolute Gasteiger partial charge is 0.337 e. The lowest BCUT2D eigenvalue weighted by Gasteiger charge is -2.18. The van der Waals surface area contributed by atoms with Crippen molar-refractivity contribution in [3.05, 3.63) is 65.2 Å². The lowest BCUT2D eigenvalue weighted by atomic mass is 10.1. The van der Waals surface area contributed by atoms with Gasteiger partial charge in [0.15, 0.2) is 0 Å². The summed E-state index contributed by atoms with van der Waals surface area (Å²) >= 11 is 0. The molecule has 0 bridgehead atoms. The molecule has 0 aliphatic rings. The lowest BCUT2D eigenvalue weighted by molar-refractivity contribution is -0.114. The maximum Gasteiger partial charge on any atom is 0.253 e. The minimum Gasteiger partial charge on any atom is -0.337 e. The highest BCUT2D eigenvalue weighted by molar-refractivity contribution is 5.95. The van der Waals surface area contributed by atoms with Crippen molar-refractivity contribution in [3.63, 3.8) is 0 Å². The van der Waals surface area contributed by atoms with Gasteiger partial charge in [-0.1, -0.05) is 6.07 Å². The van der Waals surface area contributed by atoms with Gasteiger partial charge in [-0.15, -0.1) is 0 Å². The van der Waals surface area contributed by atoms with E-state index in [2.05, 4.69) is 5.32 Å². The summed E-state index contributed by atoms with van der Waals surface area (Å²) in [5.41, 5.74) is 1.22. The topological polar surface area (TPSA) is 49.4 Å². The molecule has 0 aliphatic carbocycles. The Morgan fingerprint density at radius 1 is 1.09 bits per heavy atom. The molecular formula is C17H16F2N2O2. The Labute approximate surface area is 132 Å². The fraction of sp³-hybridized carbons (Fsp3) is 0.176. The third-order valence-electron chi connectivity index (χ3n) is 3.22. The minimum absolute atomic E-state index is 0.0262. The molecule has 2 rings (SSSR count).